The van der Waals surface area contributed by atoms with E-state index in [4.69, 9.17) is 5.73 Å². The number of nitrogens with two attached hydrogens (primary N) is 1. The van der Waals surface area contributed by atoms with Crippen LogP contribution < -0.4 is 5.73 Å². The van der Waals surface area contributed by atoms with Crippen molar-refractivity contribution in [1.29, 1.82) is 0 Å². The summed E-state index contributed by atoms with van der Waals surface area (Å²) in [5, 5.41) is 0. The van der Waals surface area contributed by atoms with E-state index < -0.39 is 0 Å². The molecule has 0 bridgehead atoms. The summed E-state index contributed by atoms with van der Waals surface area (Å²) in [6, 6.07) is 0. The number of carbonyl (C=O) groups excluding carboxylic acids is 1. The summed E-state index contributed by atoms with van der Waals surface area (Å²) in [5.41, 5.74) is 5.56. The molecule has 0 aliphatic carbocycles. The second-order valence-electron chi connectivity index (χ2n) is 5.71. The lowest BCUT2D eigenvalue weighted by atomic mass is 10.1. The zero-order valence-corrected chi connectivity index (χ0v) is 12.0. The first-order chi connectivity index (χ1) is 8.63. The van der Waals surface area contributed by atoms with Crippen LogP contribution in [0.2, 0.25) is 0 Å². The van der Waals surface area contributed by atoms with Crippen molar-refractivity contribution in [2.45, 2.75) is 39.5 Å². The lowest BCUT2D eigenvalue weighted by Gasteiger charge is -2.30. The van der Waals surface area contributed by atoms with Gasteiger partial charge in [-0.25, -0.2) is 0 Å². The van der Waals surface area contributed by atoms with Gasteiger partial charge in [0.25, 0.3) is 0 Å². The molecule has 1 heterocycles. The molecule has 1 saturated heterocycles. The lowest BCUT2D eigenvalue weighted by Crippen LogP contribution is -2.44. The highest BCUT2D eigenvalue weighted by atomic mass is 16.2. The second kappa shape index (κ2) is 8.48. The van der Waals surface area contributed by atoms with Crippen LogP contribution in [0.15, 0.2) is 0 Å². The van der Waals surface area contributed by atoms with E-state index in [2.05, 4.69) is 18.7 Å². The van der Waals surface area contributed by atoms with Gasteiger partial charge in [0.15, 0.2) is 0 Å². The minimum Gasteiger partial charge on any atom is -0.342 e. The molecule has 18 heavy (non-hydrogen) atoms. The number of piperidine rings is 1. The van der Waals surface area contributed by atoms with Gasteiger partial charge in [0, 0.05) is 19.6 Å². The Morgan fingerprint density at radius 2 is 1.94 bits per heavy atom. The van der Waals surface area contributed by atoms with Crippen molar-refractivity contribution in [1.82, 2.24) is 9.80 Å². The Hall–Kier alpha value is -0.610. The van der Waals surface area contributed by atoms with Gasteiger partial charge in [0.1, 0.15) is 0 Å². The Kier molecular flexibility index (Phi) is 7.28. The molecule has 0 spiro atoms. The number of nitrogens with zero attached hydrogens (tertiary/aromatic N) is 2. The van der Waals surface area contributed by atoms with Crippen LogP contribution in [-0.4, -0.2) is 55.0 Å². The molecule has 0 aromatic heterocycles. The maximum Gasteiger partial charge on any atom is 0.236 e. The van der Waals surface area contributed by atoms with Crippen LogP contribution in [0, 0.1) is 5.92 Å². The van der Waals surface area contributed by atoms with Gasteiger partial charge in [0.05, 0.1) is 6.54 Å². The minimum atomic E-state index is 0.298. The van der Waals surface area contributed by atoms with E-state index >= 15 is 0 Å². The number of rotatable bonds is 7. The standard InChI is InChI=1S/C14H29N3O/c1-13(2)11-16(8-6-7-15)12-14(18)17-9-4-3-5-10-17/h13H,3-12,15H2,1-2H3. The molecule has 0 unspecified atom stereocenters. The molecule has 1 amide bonds. The molecule has 1 aliphatic heterocycles. The van der Waals surface area contributed by atoms with E-state index in [1.165, 1.54) is 19.3 Å². The van der Waals surface area contributed by atoms with Crippen molar-refractivity contribution in [2.24, 2.45) is 11.7 Å². The van der Waals surface area contributed by atoms with Crippen LogP contribution >= 0.6 is 0 Å². The van der Waals surface area contributed by atoms with Crippen LogP contribution in [0.1, 0.15) is 39.5 Å². The quantitative estimate of drug-likeness (QED) is 0.746. The van der Waals surface area contributed by atoms with Gasteiger partial charge >= 0.3 is 0 Å². The van der Waals surface area contributed by atoms with Crippen LogP contribution in [0.5, 0.6) is 0 Å². The fourth-order valence-electron chi connectivity index (χ4n) is 2.50. The van der Waals surface area contributed by atoms with Crippen molar-refractivity contribution in [3.05, 3.63) is 0 Å². The zero-order chi connectivity index (χ0) is 13.4. The molecule has 1 aliphatic rings. The third-order valence-corrected chi connectivity index (χ3v) is 3.37. The Balaban J connectivity index is 2.39. The molecule has 0 radical (unpaired) electrons. The van der Waals surface area contributed by atoms with E-state index in [0.717, 1.165) is 32.6 Å². The van der Waals surface area contributed by atoms with Gasteiger partial charge in [0.2, 0.25) is 5.91 Å². The first kappa shape index (κ1) is 15.4. The van der Waals surface area contributed by atoms with E-state index in [1.807, 2.05) is 4.90 Å². The van der Waals surface area contributed by atoms with Gasteiger partial charge in [-0.05, 0) is 44.7 Å². The molecular weight excluding hydrogens is 226 g/mol. The summed E-state index contributed by atoms with van der Waals surface area (Å²) >= 11 is 0. The van der Waals surface area contributed by atoms with Crippen molar-refractivity contribution in [3.8, 4) is 0 Å². The Morgan fingerprint density at radius 1 is 1.28 bits per heavy atom. The summed E-state index contributed by atoms with van der Waals surface area (Å²) in [7, 11) is 0. The van der Waals surface area contributed by atoms with E-state index in [0.29, 0.717) is 24.9 Å². The molecule has 1 rings (SSSR count). The van der Waals surface area contributed by atoms with E-state index in [1.54, 1.807) is 0 Å². The summed E-state index contributed by atoms with van der Waals surface area (Å²) in [4.78, 5) is 16.5. The molecule has 0 atom stereocenters. The summed E-state index contributed by atoms with van der Waals surface area (Å²) in [5.74, 6) is 0.893. The normalized spacial score (nSPS) is 16.6. The van der Waals surface area contributed by atoms with Gasteiger partial charge in [-0.15, -0.1) is 0 Å². The fourth-order valence-corrected chi connectivity index (χ4v) is 2.50. The highest BCUT2D eigenvalue weighted by Crippen LogP contribution is 2.10. The Labute approximate surface area is 111 Å². The van der Waals surface area contributed by atoms with Crippen molar-refractivity contribution >= 4 is 5.91 Å². The maximum absolute atomic E-state index is 12.2. The van der Waals surface area contributed by atoms with Crippen LogP contribution in [0.4, 0.5) is 0 Å². The van der Waals surface area contributed by atoms with E-state index in [-0.39, 0.29) is 0 Å². The monoisotopic (exact) mass is 255 g/mol. The number of hydrogen-bond donors (Lipinski definition) is 1. The largest absolute Gasteiger partial charge is 0.342 e. The van der Waals surface area contributed by atoms with Crippen LogP contribution in [-0.2, 0) is 4.79 Å². The molecule has 0 aromatic rings. The molecule has 4 nitrogen and oxygen atoms in total. The van der Waals surface area contributed by atoms with Crippen LogP contribution in [0.25, 0.3) is 0 Å². The predicted octanol–water partition coefficient (Wildman–Crippen LogP) is 1.31. The Morgan fingerprint density at radius 3 is 2.50 bits per heavy atom. The molecule has 0 aromatic carbocycles. The van der Waals surface area contributed by atoms with Crippen molar-refractivity contribution in [3.63, 3.8) is 0 Å². The first-order valence-corrected chi connectivity index (χ1v) is 7.33. The molecule has 4 heteroatoms. The van der Waals surface area contributed by atoms with E-state index in [9.17, 15) is 4.79 Å². The van der Waals surface area contributed by atoms with Gasteiger partial charge in [-0.3, -0.25) is 9.69 Å². The van der Waals surface area contributed by atoms with Crippen molar-refractivity contribution in [2.75, 3.05) is 39.3 Å². The smallest absolute Gasteiger partial charge is 0.236 e. The number of amides is 1. The Bertz CT molecular complexity index is 237. The zero-order valence-electron chi connectivity index (χ0n) is 12.0. The third kappa shape index (κ3) is 5.83. The molecule has 106 valence electrons. The predicted molar refractivity (Wildman–Crippen MR) is 75.4 cm³/mol. The van der Waals surface area contributed by atoms with Gasteiger partial charge < -0.3 is 10.6 Å². The highest BCUT2D eigenvalue weighted by molar-refractivity contribution is 5.78. The summed E-state index contributed by atoms with van der Waals surface area (Å²) < 4.78 is 0. The topological polar surface area (TPSA) is 49.6 Å². The molecule has 0 saturated carbocycles. The first-order valence-electron chi connectivity index (χ1n) is 7.33. The fraction of sp³-hybridized carbons (Fsp3) is 0.929. The average molecular weight is 255 g/mol. The minimum absolute atomic E-state index is 0.298. The molecule has 2 N–H and O–H groups in total. The maximum atomic E-state index is 12.2. The van der Waals surface area contributed by atoms with Gasteiger partial charge in [-0.1, -0.05) is 13.8 Å². The SMILES string of the molecule is CC(C)CN(CCCN)CC(=O)N1CCCCC1. The van der Waals surface area contributed by atoms with Crippen molar-refractivity contribution < 1.29 is 4.79 Å². The number of likely N-dealkylation sites (tertiary alicyclic amines) is 1. The summed E-state index contributed by atoms with van der Waals surface area (Å²) in [6.07, 6.45) is 4.57. The highest BCUT2D eigenvalue weighted by Gasteiger charge is 2.19. The lowest BCUT2D eigenvalue weighted by molar-refractivity contribution is -0.133. The number of carbonyl (C=O) groups is 1. The third-order valence-electron chi connectivity index (χ3n) is 3.37. The molecular formula is C14H29N3O. The van der Waals surface area contributed by atoms with Gasteiger partial charge in [-0.2, -0.15) is 0 Å². The average Bonchev–Trinajstić information content (AvgIpc) is 2.36. The summed E-state index contributed by atoms with van der Waals surface area (Å²) in [6.45, 7) is 9.48. The van der Waals surface area contributed by atoms with Crippen LogP contribution in [0.3, 0.4) is 0 Å². The molecule has 1 fully saturated rings. The number of hydrogen-bond acceptors (Lipinski definition) is 3. The second-order valence-corrected chi connectivity index (χ2v) is 5.71.